The number of aliphatic hydroxyl groups is 2. The van der Waals surface area contributed by atoms with Crippen LogP contribution in [0.2, 0.25) is 0 Å². The van der Waals surface area contributed by atoms with Gasteiger partial charge in [-0.1, -0.05) is 18.6 Å². The van der Waals surface area contributed by atoms with Crippen LogP contribution >= 0.6 is 0 Å². The maximum Gasteiger partial charge on any atom is 0.119 e. The summed E-state index contributed by atoms with van der Waals surface area (Å²) in [4.78, 5) is 0. The molecule has 0 amide bonds. The fourth-order valence-electron chi connectivity index (χ4n) is 2.84. The van der Waals surface area contributed by atoms with Gasteiger partial charge in [-0.15, -0.1) is 0 Å². The highest BCUT2D eigenvalue weighted by Gasteiger charge is 2.20. The number of ether oxygens (including phenoxy) is 1. The molecule has 1 aliphatic rings. The highest BCUT2D eigenvalue weighted by atomic mass is 16.5. The Bertz CT molecular complexity index is 410. The summed E-state index contributed by atoms with van der Waals surface area (Å²) >= 11 is 0. The van der Waals surface area contributed by atoms with Crippen LogP contribution in [0.15, 0.2) is 24.3 Å². The van der Waals surface area contributed by atoms with E-state index >= 15 is 0 Å². The molecule has 1 fully saturated rings. The monoisotopic (exact) mass is 279 g/mol. The smallest absolute Gasteiger partial charge is 0.119 e. The molecule has 3 atom stereocenters. The van der Waals surface area contributed by atoms with Crippen molar-refractivity contribution in [1.29, 1.82) is 0 Å². The van der Waals surface area contributed by atoms with E-state index in [-0.39, 0.29) is 6.10 Å². The Hall–Kier alpha value is -1.10. The minimum absolute atomic E-state index is 0.140. The normalized spacial score (nSPS) is 24.4. The number of nitrogens with one attached hydrogen (secondary N) is 1. The number of hydrogen-bond acceptors (Lipinski definition) is 4. The number of aliphatic hydroxyl groups excluding tert-OH is 2. The van der Waals surface area contributed by atoms with Gasteiger partial charge in [0.1, 0.15) is 5.75 Å². The lowest BCUT2D eigenvalue weighted by molar-refractivity contribution is 0.0983. The summed E-state index contributed by atoms with van der Waals surface area (Å²) in [6.45, 7) is 1.39. The number of hydrogen-bond donors (Lipinski definition) is 3. The standard InChI is InChI=1S/C16H25NO3/c1-20-15-7-3-5-13(9-15)16(19)11-17-10-12-4-2-6-14(18)8-12/h3,5,7,9,12,14,16-19H,2,4,6,8,10-11H2,1H3. The van der Waals surface area contributed by atoms with Crippen molar-refractivity contribution in [2.75, 3.05) is 20.2 Å². The Kier molecular flexibility index (Phi) is 5.83. The molecule has 3 N–H and O–H groups in total. The van der Waals surface area contributed by atoms with Crippen molar-refractivity contribution in [2.24, 2.45) is 5.92 Å². The molecule has 0 aliphatic heterocycles. The lowest BCUT2D eigenvalue weighted by Gasteiger charge is -2.26. The van der Waals surface area contributed by atoms with Gasteiger partial charge in [0.25, 0.3) is 0 Å². The summed E-state index contributed by atoms with van der Waals surface area (Å²) in [6.07, 6.45) is 3.41. The van der Waals surface area contributed by atoms with Crippen molar-refractivity contribution < 1.29 is 14.9 Å². The molecular formula is C16H25NO3. The predicted octanol–water partition coefficient (Wildman–Crippen LogP) is 1.87. The van der Waals surface area contributed by atoms with Gasteiger partial charge in [0, 0.05) is 6.54 Å². The molecule has 1 aromatic carbocycles. The van der Waals surface area contributed by atoms with Gasteiger partial charge in [0.05, 0.1) is 19.3 Å². The molecule has 1 aromatic rings. The topological polar surface area (TPSA) is 61.7 Å². The summed E-state index contributed by atoms with van der Waals surface area (Å²) in [6, 6.07) is 7.51. The van der Waals surface area contributed by atoms with Crippen molar-refractivity contribution >= 4 is 0 Å². The van der Waals surface area contributed by atoms with Gasteiger partial charge in [-0.3, -0.25) is 0 Å². The van der Waals surface area contributed by atoms with Crippen LogP contribution in [0.25, 0.3) is 0 Å². The van der Waals surface area contributed by atoms with Crippen LogP contribution in [0.5, 0.6) is 5.75 Å². The largest absolute Gasteiger partial charge is 0.497 e. The Morgan fingerprint density at radius 3 is 3.00 bits per heavy atom. The van der Waals surface area contributed by atoms with E-state index in [1.54, 1.807) is 7.11 Å². The zero-order valence-corrected chi connectivity index (χ0v) is 12.1. The third-order valence-electron chi connectivity index (χ3n) is 4.00. The van der Waals surface area contributed by atoms with Crippen molar-refractivity contribution in [3.8, 4) is 5.75 Å². The zero-order valence-electron chi connectivity index (χ0n) is 12.1. The first kappa shape index (κ1) is 15.3. The van der Waals surface area contributed by atoms with E-state index < -0.39 is 6.10 Å². The van der Waals surface area contributed by atoms with E-state index in [0.717, 1.165) is 37.1 Å². The van der Waals surface area contributed by atoms with E-state index in [2.05, 4.69) is 5.32 Å². The molecule has 4 heteroatoms. The molecule has 0 saturated heterocycles. The van der Waals surface area contributed by atoms with Gasteiger partial charge >= 0.3 is 0 Å². The Balaban J connectivity index is 1.75. The van der Waals surface area contributed by atoms with Crippen molar-refractivity contribution in [3.63, 3.8) is 0 Å². The zero-order chi connectivity index (χ0) is 14.4. The Labute approximate surface area is 120 Å². The summed E-state index contributed by atoms with van der Waals surface area (Å²) in [7, 11) is 1.62. The molecule has 3 unspecified atom stereocenters. The van der Waals surface area contributed by atoms with Crippen LogP contribution in [-0.2, 0) is 0 Å². The summed E-state index contributed by atoms with van der Waals surface area (Å²) < 4.78 is 5.16. The average Bonchev–Trinajstić information content (AvgIpc) is 2.47. The van der Waals surface area contributed by atoms with Gasteiger partial charge in [-0.05, 0) is 49.4 Å². The maximum atomic E-state index is 10.2. The quantitative estimate of drug-likeness (QED) is 0.744. The van der Waals surface area contributed by atoms with Gasteiger partial charge in [0.2, 0.25) is 0 Å². The van der Waals surface area contributed by atoms with Gasteiger partial charge in [-0.2, -0.15) is 0 Å². The molecule has 0 bridgehead atoms. The minimum atomic E-state index is -0.529. The second-order valence-corrected chi connectivity index (χ2v) is 5.64. The third kappa shape index (κ3) is 4.47. The van der Waals surface area contributed by atoms with Crippen LogP contribution in [-0.4, -0.2) is 36.5 Å². The maximum absolute atomic E-state index is 10.2. The van der Waals surface area contributed by atoms with Gasteiger partial charge in [0.15, 0.2) is 0 Å². The molecule has 0 heterocycles. The first-order valence-electron chi connectivity index (χ1n) is 7.40. The van der Waals surface area contributed by atoms with E-state index in [9.17, 15) is 10.2 Å². The minimum Gasteiger partial charge on any atom is -0.497 e. The third-order valence-corrected chi connectivity index (χ3v) is 4.00. The van der Waals surface area contributed by atoms with Crippen molar-refractivity contribution in [3.05, 3.63) is 29.8 Å². The van der Waals surface area contributed by atoms with Crippen LogP contribution in [0, 0.1) is 5.92 Å². The number of benzene rings is 1. The second-order valence-electron chi connectivity index (χ2n) is 5.64. The summed E-state index contributed by atoms with van der Waals surface area (Å²) in [5, 5.41) is 23.1. The van der Waals surface area contributed by atoms with Gasteiger partial charge < -0.3 is 20.3 Å². The van der Waals surface area contributed by atoms with Crippen molar-refractivity contribution in [2.45, 2.75) is 37.9 Å². The Morgan fingerprint density at radius 1 is 1.40 bits per heavy atom. The molecular weight excluding hydrogens is 254 g/mol. The molecule has 0 aromatic heterocycles. The molecule has 1 aliphatic carbocycles. The summed E-state index contributed by atoms with van der Waals surface area (Å²) in [5.41, 5.74) is 0.862. The highest BCUT2D eigenvalue weighted by molar-refractivity contribution is 5.29. The van der Waals surface area contributed by atoms with Crippen LogP contribution in [0.1, 0.15) is 37.4 Å². The molecule has 4 nitrogen and oxygen atoms in total. The van der Waals surface area contributed by atoms with Crippen molar-refractivity contribution in [1.82, 2.24) is 5.32 Å². The van der Waals surface area contributed by atoms with E-state index in [4.69, 9.17) is 4.74 Å². The molecule has 20 heavy (non-hydrogen) atoms. The van der Waals surface area contributed by atoms with Crippen LogP contribution < -0.4 is 10.1 Å². The first-order chi connectivity index (χ1) is 9.69. The molecule has 1 saturated carbocycles. The van der Waals surface area contributed by atoms with E-state index in [0.29, 0.717) is 12.5 Å². The number of rotatable bonds is 6. The fraction of sp³-hybridized carbons (Fsp3) is 0.625. The SMILES string of the molecule is COc1cccc(C(O)CNCC2CCCC(O)C2)c1. The summed E-state index contributed by atoms with van der Waals surface area (Å²) in [5.74, 6) is 1.29. The molecule has 0 spiro atoms. The lowest BCUT2D eigenvalue weighted by atomic mass is 9.87. The van der Waals surface area contributed by atoms with Crippen LogP contribution in [0.4, 0.5) is 0 Å². The second kappa shape index (κ2) is 7.62. The first-order valence-corrected chi connectivity index (χ1v) is 7.40. The lowest BCUT2D eigenvalue weighted by Crippen LogP contribution is -2.31. The van der Waals surface area contributed by atoms with E-state index in [1.165, 1.54) is 6.42 Å². The molecule has 2 rings (SSSR count). The fourth-order valence-corrected chi connectivity index (χ4v) is 2.84. The molecule has 0 radical (unpaired) electrons. The van der Waals surface area contributed by atoms with Crippen LogP contribution in [0.3, 0.4) is 0 Å². The average molecular weight is 279 g/mol. The number of methoxy groups -OCH3 is 1. The van der Waals surface area contributed by atoms with E-state index in [1.807, 2.05) is 24.3 Å². The molecule has 112 valence electrons. The highest BCUT2D eigenvalue weighted by Crippen LogP contribution is 2.24. The van der Waals surface area contributed by atoms with Gasteiger partial charge in [-0.25, -0.2) is 0 Å². The Morgan fingerprint density at radius 2 is 2.25 bits per heavy atom. The predicted molar refractivity (Wildman–Crippen MR) is 78.8 cm³/mol.